The van der Waals surface area contributed by atoms with Gasteiger partial charge in [0.05, 0.1) is 5.41 Å². The van der Waals surface area contributed by atoms with E-state index in [1.165, 1.54) is 5.56 Å². The van der Waals surface area contributed by atoms with E-state index in [4.69, 9.17) is 0 Å². The molecule has 0 N–H and O–H groups in total. The minimum absolute atomic E-state index is 0.0644. The predicted molar refractivity (Wildman–Crippen MR) is 125 cm³/mol. The van der Waals surface area contributed by atoms with Crippen LogP contribution in [0.4, 0.5) is 0 Å². The molecule has 2 amide bonds. The van der Waals surface area contributed by atoms with Gasteiger partial charge in [-0.05, 0) is 42.5 Å². The van der Waals surface area contributed by atoms with E-state index in [1.807, 2.05) is 6.07 Å². The smallest absolute Gasteiger partial charge is 0.274 e. The average Bonchev–Trinajstić information content (AvgIpc) is 3.40. The highest BCUT2D eigenvalue weighted by Crippen LogP contribution is 2.37. The molecule has 1 aliphatic rings. The molecule has 1 atom stereocenters. The van der Waals surface area contributed by atoms with Crippen molar-refractivity contribution in [1.82, 2.24) is 19.6 Å². The monoisotopic (exact) mass is 430 g/mol. The second-order valence-electron chi connectivity index (χ2n) is 9.07. The summed E-state index contributed by atoms with van der Waals surface area (Å²) in [5.41, 5.74) is 4.40. The van der Waals surface area contributed by atoms with Crippen LogP contribution in [0.5, 0.6) is 0 Å². The van der Waals surface area contributed by atoms with E-state index in [9.17, 15) is 9.59 Å². The maximum Gasteiger partial charge on any atom is 0.274 e. The SMILES string of the molecule is Cc1ccc(-c2cccc(CC3(C(=O)N(C)C)CCN(C(=O)c4ccn(C)n4)C3)c2)cc1. The summed E-state index contributed by atoms with van der Waals surface area (Å²) in [5.74, 6) is -0.0537. The average molecular weight is 431 g/mol. The lowest BCUT2D eigenvalue weighted by molar-refractivity contribution is -0.138. The summed E-state index contributed by atoms with van der Waals surface area (Å²) in [6.07, 6.45) is 2.99. The Morgan fingerprint density at radius 3 is 2.47 bits per heavy atom. The summed E-state index contributed by atoms with van der Waals surface area (Å²) in [7, 11) is 5.37. The Hall–Kier alpha value is -3.41. The molecular weight excluding hydrogens is 400 g/mol. The minimum atomic E-state index is -0.639. The number of likely N-dealkylation sites (tertiary alicyclic amines) is 1. The Balaban J connectivity index is 1.61. The van der Waals surface area contributed by atoms with Crippen LogP contribution in [0.25, 0.3) is 11.1 Å². The fourth-order valence-corrected chi connectivity index (χ4v) is 4.60. The Morgan fingerprint density at radius 2 is 1.81 bits per heavy atom. The van der Waals surface area contributed by atoms with Gasteiger partial charge >= 0.3 is 0 Å². The topological polar surface area (TPSA) is 58.4 Å². The van der Waals surface area contributed by atoms with Crippen LogP contribution >= 0.6 is 0 Å². The van der Waals surface area contributed by atoms with Crippen LogP contribution in [0.1, 0.15) is 28.0 Å². The Kier molecular flexibility index (Phi) is 5.87. The van der Waals surface area contributed by atoms with Crippen LogP contribution < -0.4 is 0 Å². The van der Waals surface area contributed by atoms with Gasteiger partial charge in [0.15, 0.2) is 0 Å². The van der Waals surface area contributed by atoms with Gasteiger partial charge in [-0.2, -0.15) is 5.10 Å². The van der Waals surface area contributed by atoms with Gasteiger partial charge in [-0.25, -0.2) is 0 Å². The highest BCUT2D eigenvalue weighted by atomic mass is 16.2. The molecule has 6 heteroatoms. The van der Waals surface area contributed by atoms with Gasteiger partial charge in [-0.3, -0.25) is 14.3 Å². The van der Waals surface area contributed by atoms with Crippen molar-refractivity contribution in [3.05, 3.63) is 77.6 Å². The maximum atomic E-state index is 13.3. The lowest BCUT2D eigenvalue weighted by Gasteiger charge is -2.31. The number of benzene rings is 2. The zero-order valence-electron chi connectivity index (χ0n) is 19.2. The van der Waals surface area contributed by atoms with Gasteiger partial charge in [0.1, 0.15) is 5.69 Å². The van der Waals surface area contributed by atoms with E-state index in [0.29, 0.717) is 31.6 Å². The summed E-state index contributed by atoms with van der Waals surface area (Å²) in [6, 6.07) is 18.6. The fourth-order valence-electron chi connectivity index (χ4n) is 4.60. The molecule has 1 aliphatic heterocycles. The normalized spacial score (nSPS) is 18.1. The first-order valence-electron chi connectivity index (χ1n) is 10.9. The lowest BCUT2D eigenvalue weighted by Crippen LogP contribution is -2.44. The van der Waals surface area contributed by atoms with E-state index >= 15 is 0 Å². The summed E-state index contributed by atoms with van der Waals surface area (Å²) in [6.45, 7) is 3.02. The first-order chi connectivity index (χ1) is 15.3. The van der Waals surface area contributed by atoms with Crippen LogP contribution in [0.15, 0.2) is 60.8 Å². The van der Waals surface area contributed by atoms with E-state index in [0.717, 1.165) is 16.7 Å². The molecular formula is C26H30N4O2. The molecule has 0 radical (unpaired) electrons. The summed E-state index contributed by atoms with van der Waals surface area (Å²) >= 11 is 0. The standard InChI is InChI=1S/C26H30N4O2/c1-19-8-10-21(11-9-19)22-7-5-6-20(16-22)17-26(25(32)28(2)3)13-15-30(18-26)24(31)23-12-14-29(4)27-23/h5-12,14,16H,13,15,17-18H2,1-4H3. The molecule has 1 fully saturated rings. The zero-order chi connectivity index (χ0) is 22.9. The number of aryl methyl sites for hydroxylation is 2. The lowest BCUT2D eigenvalue weighted by atomic mass is 9.79. The van der Waals surface area contributed by atoms with Crippen molar-refractivity contribution >= 4 is 11.8 Å². The molecule has 0 spiro atoms. The molecule has 0 aliphatic carbocycles. The predicted octanol–water partition coefficient (Wildman–Crippen LogP) is 3.56. The maximum absolute atomic E-state index is 13.3. The van der Waals surface area contributed by atoms with Crippen molar-refractivity contribution in [3.8, 4) is 11.1 Å². The molecule has 1 unspecified atom stereocenters. The molecule has 32 heavy (non-hydrogen) atoms. The summed E-state index contributed by atoms with van der Waals surface area (Å²) in [5, 5.41) is 4.25. The molecule has 166 valence electrons. The van der Waals surface area contributed by atoms with Gasteiger partial charge in [-0.1, -0.05) is 54.1 Å². The Labute approximate surface area is 189 Å². The quantitative estimate of drug-likeness (QED) is 0.622. The van der Waals surface area contributed by atoms with Crippen LogP contribution in [0.2, 0.25) is 0 Å². The highest BCUT2D eigenvalue weighted by molar-refractivity contribution is 5.93. The molecule has 1 saturated heterocycles. The molecule has 0 saturated carbocycles. The van der Waals surface area contributed by atoms with Gasteiger partial charge in [-0.15, -0.1) is 0 Å². The highest BCUT2D eigenvalue weighted by Gasteiger charge is 2.47. The second kappa shape index (κ2) is 8.61. The fraction of sp³-hybridized carbons (Fsp3) is 0.346. The zero-order valence-corrected chi connectivity index (χ0v) is 19.2. The number of aromatic nitrogens is 2. The van der Waals surface area contributed by atoms with E-state index in [2.05, 4.69) is 54.5 Å². The van der Waals surface area contributed by atoms with Gasteiger partial charge in [0, 0.05) is 40.4 Å². The number of rotatable bonds is 5. The van der Waals surface area contributed by atoms with Crippen LogP contribution in [0.3, 0.4) is 0 Å². The molecule has 4 rings (SSSR count). The van der Waals surface area contributed by atoms with E-state index in [1.54, 1.807) is 47.9 Å². The third kappa shape index (κ3) is 4.31. The molecule has 6 nitrogen and oxygen atoms in total. The third-order valence-corrected chi connectivity index (χ3v) is 6.29. The van der Waals surface area contributed by atoms with Crippen LogP contribution in [0, 0.1) is 12.3 Å². The van der Waals surface area contributed by atoms with Crippen LogP contribution in [-0.4, -0.2) is 58.6 Å². The van der Waals surface area contributed by atoms with Crippen molar-refractivity contribution in [1.29, 1.82) is 0 Å². The number of amides is 2. The largest absolute Gasteiger partial charge is 0.348 e. The Bertz CT molecular complexity index is 1130. The Morgan fingerprint density at radius 1 is 1.06 bits per heavy atom. The van der Waals surface area contributed by atoms with Crippen molar-refractivity contribution in [3.63, 3.8) is 0 Å². The summed E-state index contributed by atoms with van der Waals surface area (Å²) < 4.78 is 1.62. The van der Waals surface area contributed by atoms with Gasteiger partial charge < -0.3 is 9.80 Å². The van der Waals surface area contributed by atoms with Gasteiger partial charge in [0.2, 0.25) is 5.91 Å². The molecule has 2 aromatic carbocycles. The molecule has 3 aromatic rings. The number of carbonyl (C=O) groups excluding carboxylic acids is 2. The van der Waals surface area contributed by atoms with Crippen molar-refractivity contribution in [2.75, 3.05) is 27.2 Å². The van der Waals surface area contributed by atoms with Gasteiger partial charge in [0.25, 0.3) is 5.91 Å². The van der Waals surface area contributed by atoms with Crippen molar-refractivity contribution < 1.29 is 9.59 Å². The van der Waals surface area contributed by atoms with Crippen molar-refractivity contribution in [2.24, 2.45) is 12.5 Å². The second-order valence-corrected chi connectivity index (χ2v) is 9.07. The number of carbonyl (C=O) groups is 2. The molecule has 2 heterocycles. The van der Waals surface area contributed by atoms with E-state index < -0.39 is 5.41 Å². The number of nitrogens with zero attached hydrogens (tertiary/aromatic N) is 4. The number of hydrogen-bond donors (Lipinski definition) is 0. The molecule has 0 bridgehead atoms. The summed E-state index contributed by atoms with van der Waals surface area (Å²) in [4.78, 5) is 29.7. The van der Waals surface area contributed by atoms with Crippen molar-refractivity contribution in [2.45, 2.75) is 19.8 Å². The minimum Gasteiger partial charge on any atom is -0.348 e. The van der Waals surface area contributed by atoms with E-state index in [-0.39, 0.29) is 11.8 Å². The first-order valence-corrected chi connectivity index (χ1v) is 10.9. The first kappa shape index (κ1) is 21.8. The third-order valence-electron chi connectivity index (χ3n) is 6.29. The van der Waals surface area contributed by atoms with Crippen LogP contribution in [-0.2, 0) is 18.3 Å². The molecule has 1 aromatic heterocycles. The number of hydrogen-bond acceptors (Lipinski definition) is 3.